The molecule has 0 bridgehead atoms. The van der Waals surface area contributed by atoms with E-state index in [4.69, 9.17) is 14.0 Å². The summed E-state index contributed by atoms with van der Waals surface area (Å²) >= 11 is 0. The van der Waals surface area contributed by atoms with Crippen LogP contribution in [0.3, 0.4) is 0 Å². The minimum absolute atomic E-state index is 0.217. The van der Waals surface area contributed by atoms with Crippen LogP contribution in [0, 0.1) is 13.8 Å². The highest BCUT2D eigenvalue weighted by atomic mass is 16.5. The van der Waals surface area contributed by atoms with Gasteiger partial charge in [-0.25, -0.2) is 0 Å². The van der Waals surface area contributed by atoms with E-state index in [0.717, 1.165) is 0 Å². The first-order chi connectivity index (χ1) is 8.43. The molecule has 1 aromatic heterocycles. The highest BCUT2D eigenvalue weighted by Gasteiger charge is 2.26. The number of nitrogens with zero attached hydrogens (tertiary/aromatic N) is 1. The van der Waals surface area contributed by atoms with Crippen molar-refractivity contribution in [3.8, 4) is 0 Å². The molecule has 6 nitrogen and oxygen atoms in total. The Bertz CT molecular complexity index is 397. The van der Waals surface area contributed by atoms with E-state index in [1.54, 1.807) is 28.1 Å². The van der Waals surface area contributed by atoms with Gasteiger partial charge in [0, 0.05) is 20.8 Å². The molecule has 1 unspecified atom stereocenters. The maximum Gasteiger partial charge on any atom is 0.256 e. The lowest BCUT2D eigenvalue weighted by atomic mass is 10.1. The molecular formula is C12H20N2O4. The van der Waals surface area contributed by atoms with Gasteiger partial charge < -0.3 is 19.3 Å². The first-order valence-electron chi connectivity index (χ1n) is 5.68. The highest BCUT2D eigenvalue weighted by Crippen LogP contribution is 2.13. The predicted octanol–water partition coefficient (Wildman–Crippen LogP) is 1.07. The summed E-state index contributed by atoms with van der Waals surface area (Å²) in [6.07, 6.45) is 0. The normalized spacial score (nSPS) is 14.3. The maximum absolute atomic E-state index is 12.0. The third-order valence-electron chi connectivity index (χ3n) is 2.83. The van der Waals surface area contributed by atoms with Gasteiger partial charge in [-0.05, 0) is 20.8 Å². The fraction of sp³-hybridized carbons (Fsp3) is 0.667. The van der Waals surface area contributed by atoms with Gasteiger partial charge in [-0.1, -0.05) is 5.16 Å². The topological polar surface area (TPSA) is 73.6 Å². The van der Waals surface area contributed by atoms with Gasteiger partial charge >= 0.3 is 0 Å². The summed E-state index contributed by atoms with van der Waals surface area (Å²) in [5, 5.41) is 6.55. The van der Waals surface area contributed by atoms with E-state index in [0.29, 0.717) is 30.2 Å². The van der Waals surface area contributed by atoms with Crippen molar-refractivity contribution in [1.82, 2.24) is 10.5 Å². The summed E-state index contributed by atoms with van der Waals surface area (Å²) in [5.74, 6) is 0.293. The van der Waals surface area contributed by atoms with Gasteiger partial charge in [-0.3, -0.25) is 4.79 Å². The van der Waals surface area contributed by atoms with Crippen molar-refractivity contribution in [2.24, 2.45) is 0 Å². The molecule has 1 N–H and O–H groups in total. The van der Waals surface area contributed by atoms with Crippen molar-refractivity contribution in [3.63, 3.8) is 0 Å². The Morgan fingerprint density at radius 1 is 1.44 bits per heavy atom. The summed E-state index contributed by atoms with van der Waals surface area (Å²) in [7, 11) is 3.18. The molecule has 6 heteroatoms. The number of amides is 1. The third-order valence-corrected chi connectivity index (χ3v) is 2.83. The van der Waals surface area contributed by atoms with E-state index in [1.807, 2.05) is 6.92 Å². The Balaban J connectivity index is 2.66. The van der Waals surface area contributed by atoms with Crippen molar-refractivity contribution >= 4 is 5.91 Å². The molecule has 0 spiro atoms. The molecule has 1 atom stereocenters. The Morgan fingerprint density at radius 2 is 2.11 bits per heavy atom. The van der Waals surface area contributed by atoms with Crippen LogP contribution >= 0.6 is 0 Å². The summed E-state index contributed by atoms with van der Waals surface area (Å²) in [5.41, 5.74) is 0.505. The second-order valence-electron chi connectivity index (χ2n) is 4.47. The lowest BCUT2D eigenvalue weighted by Crippen LogP contribution is -2.45. The van der Waals surface area contributed by atoms with Gasteiger partial charge in [-0.15, -0.1) is 0 Å². The van der Waals surface area contributed by atoms with Gasteiger partial charge in [0.2, 0.25) is 0 Å². The molecule has 1 heterocycles. The molecule has 0 fully saturated rings. The lowest BCUT2D eigenvalue weighted by molar-refractivity contribution is -0.0479. The first-order valence-corrected chi connectivity index (χ1v) is 5.68. The van der Waals surface area contributed by atoms with Gasteiger partial charge in [0.15, 0.2) is 0 Å². The Hall–Kier alpha value is -1.40. The smallest absolute Gasteiger partial charge is 0.256 e. The SMILES string of the molecule is COCC(C)(CNC(=O)c1c(C)noc1C)OC. The van der Waals surface area contributed by atoms with Crippen molar-refractivity contribution < 1.29 is 18.8 Å². The van der Waals surface area contributed by atoms with E-state index in [-0.39, 0.29) is 5.91 Å². The van der Waals surface area contributed by atoms with Crippen LogP contribution in [0.1, 0.15) is 28.7 Å². The second-order valence-corrected chi connectivity index (χ2v) is 4.47. The highest BCUT2D eigenvalue weighted by molar-refractivity contribution is 5.96. The number of nitrogens with one attached hydrogen (secondary N) is 1. The summed E-state index contributed by atoms with van der Waals surface area (Å²) < 4.78 is 15.3. The van der Waals surface area contributed by atoms with E-state index in [2.05, 4.69) is 10.5 Å². The number of hydrogen-bond acceptors (Lipinski definition) is 5. The zero-order chi connectivity index (χ0) is 13.8. The van der Waals surface area contributed by atoms with Crippen LogP contribution in [0.4, 0.5) is 0 Å². The quantitative estimate of drug-likeness (QED) is 0.824. The zero-order valence-corrected chi connectivity index (χ0v) is 11.5. The van der Waals surface area contributed by atoms with Gasteiger partial charge in [-0.2, -0.15) is 0 Å². The summed E-state index contributed by atoms with van der Waals surface area (Å²) in [6, 6.07) is 0. The van der Waals surface area contributed by atoms with Crippen molar-refractivity contribution in [2.45, 2.75) is 26.4 Å². The van der Waals surface area contributed by atoms with E-state index >= 15 is 0 Å². The van der Waals surface area contributed by atoms with Crippen LogP contribution < -0.4 is 5.32 Å². The fourth-order valence-corrected chi connectivity index (χ4v) is 1.65. The third kappa shape index (κ3) is 3.30. The minimum Gasteiger partial charge on any atom is -0.382 e. The van der Waals surface area contributed by atoms with Gasteiger partial charge in [0.25, 0.3) is 5.91 Å². The number of carbonyl (C=O) groups is 1. The van der Waals surface area contributed by atoms with Crippen molar-refractivity contribution in [2.75, 3.05) is 27.4 Å². The monoisotopic (exact) mass is 256 g/mol. The Kier molecular flexibility index (Phi) is 4.86. The molecular weight excluding hydrogens is 236 g/mol. The molecule has 0 aliphatic rings. The zero-order valence-electron chi connectivity index (χ0n) is 11.5. The number of carbonyl (C=O) groups excluding carboxylic acids is 1. The standard InChI is InChI=1S/C12H20N2O4/c1-8-10(9(2)18-14-8)11(15)13-6-12(3,17-5)7-16-4/h6-7H2,1-5H3,(H,13,15). The van der Waals surface area contributed by atoms with Crippen LogP contribution in [-0.2, 0) is 9.47 Å². The molecule has 0 aliphatic carbocycles. The largest absolute Gasteiger partial charge is 0.382 e. The minimum atomic E-state index is -0.552. The molecule has 1 aromatic rings. The molecule has 1 rings (SSSR count). The maximum atomic E-state index is 12.0. The van der Waals surface area contributed by atoms with E-state index < -0.39 is 5.60 Å². The molecule has 0 saturated heterocycles. The number of aryl methyl sites for hydroxylation is 2. The fourth-order valence-electron chi connectivity index (χ4n) is 1.65. The Morgan fingerprint density at radius 3 is 2.56 bits per heavy atom. The van der Waals surface area contributed by atoms with Crippen LogP contribution in [-0.4, -0.2) is 44.0 Å². The summed E-state index contributed by atoms with van der Waals surface area (Å²) in [4.78, 5) is 12.0. The average Bonchev–Trinajstić information content (AvgIpc) is 2.67. The predicted molar refractivity (Wildman–Crippen MR) is 65.6 cm³/mol. The molecule has 0 radical (unpaired) electrons. The van der Waals surface area contributed by atoms with Crippen LogP contribution in [0.25, 0.3) is 0 Å². The number of rotatable bonds is 6. The van der Waals surface area contributed by atoms with Crippen LogP contribution in [0.5, 0.6) is 0 Å². The number of ether oxygens (including phenoxy) is 2. The van der Waals surface area contributed by atoms with Crippen LogP contribution in [0.15, 0.2) is 4.52 Å². The van der Waals surface area contributed by atoms with Crippen LogP contribution in [0.2, 0.25) is 0 Å². The molecule has 102 valence electrons. The van der Waals surface area contributed by atoms with Crippen molar-refractivity contribution in [3.05, 3.63) is 17.0 Å². The number of aromatic nitrogens is 1. The molecule has 1 amide bonds. The second kappa shape index (κ2) is 5.97. The summed E-state index contributed by atoms with van der Waals surface area (Å²) in [6.45, 7) is 6.05. The Labute approximate surface area is 107 Å². The van der Waals surface area contributed by atoms with Crippen molar-refractivity contribution in [1.29, 1.82) is 0 Å². The molecule has 0 aromatic carbocycles. The first kappa shape index (κ1) is 14.7. The van der Waals surface area contributed by atoms with Gasteiger partial charge in [0.05, 0.1) is 12.3 Å². The lowest BCUT2D eigenvalue weighted by Gasteiger charge is -2.27. The van der Waals surface area contributed by atoms with Gasteiger partial charge in [0.1, 0.15) is 16.9 Å². The number of hydrogen-bond donors (Lipinski definition) is 1. The van der Waals surface area contributed by atoms with E-state index in [1.165, 1.54) is 0 Å². The average molecular weight is 256 g/mol. The molecule has 0 aliphatic heterocycles. The number of methoxy groups -OCH3 is 2. The molecule has 18 heavy (non-hydrogen) atoms. The molecule has 0 saturated carbocycles. The van der Waals surface area contributed by atoms with E-state index in [9.17, 15) is 4.79 Å².